The molecule has 0 aromatic carbocycles. The van der Waals surface area contributed by atoms with Crippen LogP contribution in [0.25, 0.3) is 32.8 Å². The Hall–Kier alpha value is -3.24. The summed E-state index contributed by atoms with van der Waals surface area (Å²) in [6.45, 7) is 1.03. The molecule has 5 rings (SSSR count). The zero-order valence-corrected chi connectivity index (χ0v) is 14.9. The SMILES string of the molecule is OCCn1cc(-c2cnc3nnn(Cc4cc5cccnc5s4)c3n2)cn1. The smallest absolute Gasteiger partial charge is 0.221 e. The van der Waals surface area contributed by atoms with E-state index in [1.54, 1.807) is 39.3 Å². The molecule has 0 fully saturated rings. The molecule has 0 aliphatic heterocycles. The Bertz CT molecular complexity index is 1210. The van der Waals surface area contributed by atoms with Crippen molar-refractivity contribution in [2.24, 2.45) is 0 Å². The van der Waals surface area contributed by atoms with Crippen LogP contribution in [-0.4, -0.2) is 51.4 Å². The molecule has 0 aliphatic rings. The minimum absolute atomic E-state index is 0.0343. The Morgan fingerprint density at radius 1 is 1.19 bits per heavy atom. The number of aliphatic hydroxyl groups is 1. The molecule has 0 atom stereocenters. The van der Waals surface area contributed by atoms with Crippen molar-refractivity contribution in [2.45, 2.75) is 13.1 Å². The van der Waals surface area contributed by atoms with Crippen molar-refractivity contribution >= 4 is 32.8 Å². The average Bonchev–Trinajstić information content (AvgIpc) is 3.40. The Labute approximate surface area is 156 Å². The fourth-order valence-electron chi connectivity index (χ4n) is 2.87. The van der Waals surface area contributed by atoms with Crippen LogP contribution in [0.5, 0.6) is 0 Å². The van der Waals surface area contributed by atoms with Gasteiger partial charge in [0.05, 0.1) is 37.8 Å². The number of pyridine rings is 1. The van der Waals surface area contributed by atoms with Crippen LogP contribution in [0.1, 0.15) is 4.88 Å². The fraction of sp³-hybridized carbons (Fsp3) is 0.176. The van der Waals surface area contributed by atoms with Crippen molar-refractivity contribution in [2.75, 3.05) is 6.61 Å². The Morgan fingerprint density at radius 3 is 3.04 bits per heavy atom. The lowest BCUT2D eigenvalue weighted by molar-refractivity contribution is 0.269. The Balaban J connectivity index is 1.50. The molecule has 0 unspecified atom stereocenters. The third-order valence-electron chi connectivity index (χ3n) is 4.14. The van der Waals surface area contributed by atoms with Gasteiger partial charge in [0.25, 0.3) is 0 Å². The average molecular weight is 378 g/mol. The molecular formula is C17H14N8OS. The molecule has 0 saturated carbocycles. The number of aromatic nitrogens is 8. The van der Waals surface area contributed by atoms with E-state index in [4.69, 9.17) is 5.11 Å². The molecule has 27 heavy (non-hydrogen) atoms. The van der Waals surface area contributed by atoms with Gasteiger partial charge >= 0.3 is 0 Å². The van der Waals surface area contributed by atoms with Gasteiger partial charge in [0.2, 0.25) is 5.65 Å². The third-order valence-corrected chi connectivity index (χ3v) is 5.18. The van der Waals surface area contributed by atoms with Crippen molar-refractivity contribution in [3.63, 3.8) is 0 Å². The zero-order valence-electron chi connectivity index (χ0n) is 14.1. The summed E-state index contributed by atoms with van der Waals surface area (Å²) in [5.74, 6) is 0. The number of hydrogen-bond donors (Lipinski definition) is 1. The number of fused-ring (bicyclic) bond motifs is 2. The van der Waals surface area contributed by atoms with Crippen LogP contribution in [0, 0.1) is 0 Å². The van der Waals surface area contributed by atoms with Gasteiger partial charge in [-0.2, -0.15) is 5.10 Å². The summed E-state index contributed by atoms with van der Waals surface area (Å²) < 4.78 is 3.41. The van der Waals surface area contributed by atoms with Gasteiger partial charge in [0.1, 0.15) is 4.83 Å². The lowest BCUT2D eigenvalue weighted by atomic mass is 10.3. The quantitative estimate of drug-likeness (QED) is 0.496. The summed E-state index contributed by atoms with van der Waals surface area (Å²) in [5, 5.41) is 22.7. The molecule has 0 bridgehead atoms. The molecule has 10 heteroatoms. The molecule has 0 saturated heterocycles. The third kappa shape index (κ3) is 2.94. The van der Waals surface area contributed by atoms with E-state index in [9.17, 15) is 0 Å². The summed E-state index contributed by atoms with van der Waals surface area (Å²) in [7, 11) is 0. The van der Waals surface area contributed by atoms with Crippen LogP contribution in [-0.2, 0) is 13.1 Å². The van der Waals surface area contributed by atoms with E-state index in [2.05, 4.69) is 36.4 Å². The highest BCUT2D eigenvalue weighted by atomic mass is 32.1. The number of rotatable bonds is 5. The van der Waals surface area contributed by atoms with E-state index in [0.29, 0.717) is 30.1 Å². The molecule has 0 spiro atoms. The molecule has 5 aromatic rings. The first kappa shape index (κ1) is 16.0. The second kappa shape index (κ2) is 6.49. The van der Waals surface area contributed by atoms with Crippen LogP contribution in [0.2, 0.25) is 0 Å². The number of nitrogens with zero attached hydrogens (tertiary/aromatic N) is 8. The molecule has 5 heterocycles. The van der Waals surface area contributed by atoms with Crippen molar-refractivity contribution in [1.82, 2.24) is 39.7 Å². The first-order valence-electron chi connectivity index (χ1n) is 8.33. The van der Waals surface area contributed by atoms with Gasteiger partial charge < -0.3 is 5.11 Å². The van der Waals surface area contributed by atoms with Gasteiger partial charge in [0, 0.05) is 28.2 Å². The largest absolute Gasteiger partial charge is 0.394 e. The molecule has 1 N–H and O–H groups in total. The van der Waals surface area contributed by atoms with E-state index in [0.717, 1.165) is 20.7 Å². The molecule has 9 nitrogen and oxygen atoms in total. The number of aliphatic hydroxyl groups excluding tert-OH is 1. The van der Waals surface area contributed by atoms with E-state index in [1.165, 1.54) is 0 Å². The maximum absolute atomic E-state index is 9.03. The van der Waals surface area contributed by atoms with Gasteiger partial charge in [-0.25, -0.2) is 19.6 Å². The van der Waals surface area contributed by atoms with E-state index in [1.807, 2.05) is 18.3 Å². The molecule has 0 aliphatic carbocycles. The van der Waals surface area contributed by atoms with Crippen LogP contribution in [0.4, 0.5) is 0 Å². The predicted octanol–water partition coefficient (Wildman–Crippen LogP) is 1.74. The molecule has 5 aromatic heterocycles. The van der Waals surface area contributed by atoms with Crippen LogP contribution >= 0.6 is 11.3 Å². The molecular weight excluding hydrogens is 364 g/mol. The topological polar surface area (TPSA) is 107 Å². The van der Waals surface area contributed by atoms with Gasteiger partial charge in [-0.1, -0.05) is 11.3 Å². The monoisotopic (exact) mass is 378 g/mol. The highest BCUT2D eigenvalue weighted by Gasteiger charge is 2.13. The summed E-state index contributed by atoms with van der Waals surface area (Å²) in [6, 6.07) is 6.08. The highest BCUT2D eigenvalue weighted by molar-refractivity contribution is 7.18. The highest BCUT2D eigenvalue weighted by Crippen LogP contribution is 2.25. The van der Waals surface area contributed by atoms with Crippen LogP contribution < -0.4 is 0 Å². The van der Waals surface area contributed by atoms with Gasteiger partial charge in [0.15, 0.2) is 5.65 Å². The second-order valence-corrected chi connectivity index (χ2v) is 7.09. The molecule has 134 valence electrons. The standard InChI is InChI=1S/C17H14N8OS/c26-5-4-24-9-12(7-20-24)14-8-19-15-16(21-14)25(23-22-15)10-13-6-11-2-1-3-18-17(11)27-13/h1-3,6-9,26H,4-5,10H2. The zero-order chi connectivity index (χ0) is 18.2. The minimum Gasteiger partial charge on any atom is -0.394 e. The second-order valence-electron chi connectivity index (χ2n) is 5.98. The lowest BCUT2D eigenvalue weighted by Gasteiger charge is -2.00. The number of hydrogen-bond acceptors (Lipinski definition) is 8. The van der Waals surface area contributed by atoms with Crippen molar-refractivity contribution in [1.29, 1.82) is 0 Å². The van der Waals surface area contributed by atoms with E-state index >= 15 is 0 Å². The first-order chi connectivity index (χ1) is 13.3. The summed E-state index contributed by atoms with van der Waals surface area (Å²) in [6.07, 6.45) is 6.99. The summed E-state index contributed by atoms with van der Waals surface area (Å²) in [4.78, 5) is 15.5. The maximum Gasteiger partial charge on any atom is 0.221 e. The predicted molar refractivity (Wildman–Crippen MR) is 100 cm³/mol. The number of thiophene rings is 1. The Morgan fingerprint density at radius 2 is 2.15 bits per heavy atom. The lowest BCUT2D eigenvalue weighted by Crippen LogP contribution is -2.02. The molecule has 0 amide bonds. The van der Waals surface area contributed by atoms with Gasteiger partial charge in [-0.05, 0) is 12.1 Å². The maximum atomic E-state index is 9.03. The summed E-state index contributed by atoms with van der Waals surface area (Å²) >= 11 is 1.63. The van der Waals surface area contributed by atoms with Gasteiger partial charge in [-0.3, -0.25) is 4.68 Å². The van der Waals surface area contributed by atoms with Crippen molar-refractivity contribution < 1.29 is 5.11 Å². The van der Waals surface area contributed by atoms with Crippen molar-refractivity contribution in [3.8, 4) is 11.3 Å². The van der Waals surface area contributed by atoms with E-state index < -0.39 is 0 Å². The van der Waals surface area contributed by atoms with Crippen LogP contribution in [0.15, 0.2) is 43.0 Å². The van der Waals surface area contributed by atoms with Crippen molar-refractivity contribution in [3.05, 3.63) is 47.9 Å². The van der Waals surface area contributed by atoms with Gasteiger partial charge in [-0.15, -0.1) is 16.4 Å². The first-order valence-corrected chi connectivity index (χ1v) is 9.15. The normalized spacial score (nSPS) is 11.6. The Kier molecular flexibility index (Phi) is 3.84. The van der Waals surface area contributed by atoms with E-state index in [-0.39, 0.29) is 6.61 Å². The minimum atomic E-state index is 0.0343. The van der Waals surface area contributed by atoms with Crippen LogP contribution in [0.3, 0.4) is 0 Å². The molecule has 0 radical (unpaired) electrons. The summed E-state index contributed by atoms with van der Waals surface area (Å²) in [5.41, 5.74) is 2.64. The fourth-order valence-corrected chi connectivity index (χ4v) is 3.85.